The summed E-state index contributed by atoms with van der Waals surface area (Å²) in [5, 5.41) is 18.9. The molecule has 6 heteroatoms. The number of aromatic nitrogens is 3. The summed E-state index contributed by atoms with van der Waals surface area (Å²) in [5.74, 6) is 1.31. The summed E-state index contributed by atoms with van der Waals surface area (Å²) in [6, 6.07) is 18.3. The minimum absolute atomic E-state index is 0.183. The molecule has 5 rings (SSSR count). The number of nitrogens with one attached hydrogen (secondary N) is 1. The second-order valence-corrected chi connectivity index (χ2v) is 7.48. The van der Waals surface area contributed by atoms with Gasteiger partial charge in [-0.05, 0) is 53.1 Å². The average Bonchev–Trinajstić information content (AvgIpc) is 3.41. The second kappa shape index (κ2) is 7.66. The maximum atomic E-state index is 9.70. The number of likely N-dealkylation sites (tertiary alicyclic amines) is 1. The summed E-state index contributed by atoms with van der Waals surface area (Å²) in [6.07, 6.45) is 4.17. The van der Waals surface area contributed by atoms with E-state index in [0.717, 1.165) is 48.4 Å². The fourth-order valence-corrected chi connectivity index (χ4v) is 3.79. The molecule has 6 nitrogen and oxygen atoms in total. The summed E-state index contributed by atoms with van der Waals surface area (Å²) < 4.78 is 5.94. The highest BCUT2D eigenvalue weighted by Crippen LogP contribution is 2.27. The van der Waals surface area contributed by atoms with Crippen molar-refractivity contribution in [1.82, 2.24) is 20.1 Å². The van der Waals surface area contributed by atoms with Crippen molar-refractivity contribution in [2.45, 2.75) is 19.1 Å². The van der Waals surface area contributed by atoms with Gasteiger partial charge in [0, 0.05) is 43.7 Å². The van der Waals surface area contributed by atoms with Gasteiger partial charge in [-0.2, -0.15) is 5.10 Å². The van der Waals surface area contributed by atoms with Gasteiger partial charge >= 0.3 is 0 Å². The summed E-state index contributed by atoms with van der Waals surface area (Å²) in [5.41, 5.74) is 3.15. The molecule has 1 aliphatic rings. The molecule has 0 radical (unpaired) electrons. The smallest absolute Gasteiger partial charge is 0.219 e. The predicted octanol–water partition coefficient (Wildman–Crippen LogP) is 3.98. The highest BCUT2D eigenvalue weighted by atomic mass is 16.5. The first-order valence-corrected chi connectivity index (χ1v) is 9.80. The molecular formula is C23H22N4O2. The molecule has 3 heterocycles. The molecule has 0 saturated carbocycles. The lowest BCUT2D eigenvalue weighted by Crippen LogP contribution is -2.21. The van der Waals surface area contributed by atoms with Gasteiger partial charge in [-0.15, -0.1) is 0 Å². The van der Waals surface area contributed by atoms with E-state index in [4.69, 9.17) is 4.74 Å². The van der Waals surface area contributed by atoms with Gasteiger partial charge < -0.3 is 9.84 Å². The summed E-state index contributed by atoms with van der Waals surface area (Å²) in [6.45, 7) is 2.59. The van der Waals surface area contributed by atoms with E-state index in [2.05, 4.69) is 44.3 Å². The van der Waals surface area contributed by atoms with E-state index in [1.165, 1.54) is 10.9 Å². The molecule has 0 unspecified atom stereocenters. The van der Waals surface area contributed by atoms with Gasteiger partial charge in [-0.3, -0.25) is 10.00 Å². The minimum atomic E-state index is -0.183. The number of aromatic amines is 1. The number of H-pyrrole nitrogens is 1. The van der Waals surface area contributed by atoms with Crippen LogP contribution in [-0.2, 0) is 6.54 Å². The molecular weight excluding hydrogens is 364 g/mol. The number of β-amino-alcohol motifs (C(OH)–C–C–N with tert-alkyl or cyclic N) is 1. The zero-order valence-electron chi connectivity index (χ0n) is 16.0. The topological polar surface area (TPSA) is 74.3 Å². The molecule has 0 bridgehead atoms. The molecule has 2 N–H and O–H groups in total. The number of pyridine rings is 1. The van der Waals surface area contributed by atoms with Gasteiger partial charge in [-0.25, -0.2) is 4.98 Å². The zero-order valence-corrected chi connectivity index (χ0v) is 16.0. The van der Waals surface area contributed by atoms with Crippen molar-refractivity contribution in [3.05, 3.63) is 72.6 Å². The molecule has 0 spiro atoms. The third-order valence-electron chi connectivity index (χ3n) is 5.30. The fraction of sp³-hybridized carbons (Fsp3) is 0.217. The van der Waals surface area contributed by atoms with Gasteiger partial charge in [0.05, 0.1) is 11.8 Å². The quantitative estimate of drug-likeness (QED) is 0.543. The van der Waals surface area contributed by atoms with E-state index in [1.54, 1.807) is 12.4 Å². The van der Waals surface area contributed by atoms with Crippen LogP contribution in [0, 0.1) is 0 Å². The van der Waals surface area contributed by atoms with Gasteiger partial charge in [0.1, 0.15) is 5.75 Å². The molecule has 0 amide bonds. The largest absolute Gasteiger partial charge is 0.439 e. The van der Waals surface area contributed by atoms with Crippen molar-refractivity contribution >= 4 is 10.8 Å². The first-order chi connectivity index (χ1) is 14.2. The van der Waals surface area contributed by atoms with Crippen LogP contribution >= 0.6 is 0 Å². The number of ether oxygens (including phenoxy) is 1. The highest BCUT2D eigenvalue weighted by molar-refractivity contribution is 5.84. The lowest BCUT2D eigenvalue weighted by Gasteiger charge is -2.15. The summed E-state index contributed by atoms with van der Waals surface area (Å²) >= 11 is 0. The fourth-order valence-electron chi connectivity index (χ4n) is 3.79. The molecule has 1 saturated heterocycles. The van der Waals surface area contributed by atoms with Crippen LogP contribution in [-0.4, -0.2) is 44.4 Å². The van der Waals surface area contributed by atoms with Crippen LogP contribution in [0.25, 0.3) is 22.0 Å². The number of hydrogen-bond acceptors (Lipinski definition) is 5. The molecule has 146 valence electrons. The summed E-state index contributed by atoms with van der Waals surface area (Å²) in [7, 11) is 0. The van der Waals surface area contributed by atoms with E-state index in [0.29, 0.717) is 5.88 Å². The zero-order chi connectivity index (χ0) is 19.6. The Morgan fingerprint density at radius 3 is 2.72 bits per heavy atom. The third kappa shape index (κ3) is 3.99. The molecule has 29 heavy (non-hydrogen) atoms. The first kappa shape index (κ1) is 17.8. The lowest BCUT2D eigenvalue weighted by molar-refractivity contribution is 0.175. The van der Waals surface area contributed by atoms with E-state index >= 15 is 0 Å². The second-order valence-electron chi connectivity index (χ2n) is 7.48. The number of nitrogens with zero attached hydrogens (tertiary/aromatic N) is 3. The van der Waals surface area contributed by atoms with Crippen LogP contribution in [0.2, 0.25) is 0 Å². The standard InChI is InChI=1S/C23H22N4O2/c28-20-8-10-27(15-20)14-16-1-2-18-12-21(5-3-17(18)11-16)29-23-6-4-19(13-24-23)22-7-9-25-26-22/h1-7,9,11-13,20,28H,8,10,14-15H2,(H,25,26)/t20-/m1/s1. The van der Waals surface area contributed by atoms with Gasteiger partial charge in [0.2, 0.25) is 5.88 Å². The Labute approximate surface area is 168 Å². The lowest BCUT2D eigenvalue weighted by atomic mass is 10.1. The van der Waals surface area contributed by atoms with E-state index < -0.39 is 0 Å². The molecule has 1 atom stereocenters. The number of aliphatic hydroxyl groups is 1. The van der Waals surface area contributed by atoms with Crippen molar-refractivity contribution in [2.75, 3.05) is 13.1 Å². The van der Waals surface area contributed by atoms with Crippen LogP contribution in [0.3, 0.4) is 0 Å². The van der Waals surface area contributed by atoms with Crippen molar-refractivity contribution in [1.29, 1.82) is 0 Å². The Bertz CT molecular complexity index is 1110. The first-order valence-electron chi connectivity index (χ1n) is 9.80. The number of hydrogen-bond donors (Lipinski definition) is 2. The van der Waals surface area contributed by atoms with Crippen molar-refractivity contribution in [3.8, 4) is 22.9 Å². The Morgan fingerprint density at radius 1 is 1.07 bits per heavy atom. The Kier molecular flexibility index (Phi) is 4.71. The average molecular weight is 386 g/mol. The Balaban J connectivity index is 1.30. The van der Waals surface area contributed by atoms with Crippen molar-refractivity contribution < 1.29 is 9.84 Å². The van der Waals surface area contributed by atoms with Gasteiger partial charge in [-0.1, -0.05) is 18.2 Å². The van der Waals surface area contributed by atoms with Crippen LogP contribution < -0.4 is 4.74 Å². The van der Waals surface area contributed by atoms with E-state index in [-0.39, 0.29) is 6.10 Å². The van der Waals surface area contributed by atoms with Crippen LogP contribution in [0.4, 0.5) is 0 Å². The molecule has 0 aliphatic carbocycles. The van der Waals surface area contributed by atoms with Gasteiger partial charge in [0.25, 0.3) is 0 Å². The monoisotopic (exact) mass is 386 g/mol. The van der Waals surface area contributed by atoms with Crippen LogP contribution in [0.1, 0.15) is 12.0 Å². The molecule has 4 aromatic rings. The number of rotatable bonds is 5. The van der Waals surface area contributed by atoms with E-state index in [9.17, 15) is 5.11 Å². The Hall–Kier alpha value is -3.22. The SMILES string of the molecule is O[C@@H]1CCN(Cc2ccc3cc(Oc4ccc(-c5ccn[nH]5)cn4)ccc3c2)C1. The third-order valence-corrected chi connectivity index (χ3v) is 5.30. The molecule has 1 fully saturated rings. The Morgan fingerprint density at radius 2 is 1.97 bits per heavy atom. The number of benzene rings is 2. The normalized spacial score (nSPS) is 17.1. The summed E-state index contributed by atoms with van der Waals surface area (Å²) in [4.78, 5) is 6.69. The number of aliphatic hydroxyl groups excluding tert-OH is 1. The van der Waals surface area contributed by atoms with Crippen molar-refractivity contribution in [3.63, 3.8) is 0 Å². The predicted molar refractivity (Wildman–Crippen MR) is 112 cm³/mol. The maximum absolute atomic E-state index is 9.70. The minimum Gasteiger partial charge on any atom is -0.439 e. The maximum Gasteiger partial charge on any atom is 0.219 e. The highest BCUT2D eigenvalue weighted by Gasteiger charge is 2.19. The molecule has 2 aromatic carbocycles. The number of fused-ring (bicyclic) bond motifs is 1. The molecule has 2 aromatic heterocycles. The van der Waals surface area contributed by atoms with E-state index in [1.807, 2.05) is 30.3 Å². The van der Waals surface area contributed by atoms with Crippen molar-refractivity contribution in [2.24, 2.45) is 0 Å². The van der Waals surface area contributed by atoms with Gasteiger partial charge in [0.15, 0.2) is 0 Å². The van der Waals surface area contributed by atoms with Crippen LogP contribution in [0.5, 0.6) is 11.6 Å². The van der Waals surface area contributed by atoms with Crippen LogP contribution in [0.15, 0.2) is 67.0 Å². The molecule has 1 aliphatic heterocycles.